The summed E-state index contributed by atoms with van der Waals surface area (Å²) in [6, 6.07) is 21.6. The molecule has 0 aromatic heterocycles. The van der Waals surface area contributed by atoms with Gasteiger partial charge in [0.15, 0.2) is 0 Å². The van der Waals surface area contributed by atoms with Crippen LogP contribution >= 0.6 is 27.5 Å². The summed E-state index contributed by atoms with van der Waals surface area (Å²) in [5.41, 5.74) is 2.96. The normalized spacial score (nSPS) is 12.8. The Balaban J connectivity index is 1.90. The average Bonchev–Trinajstić information content (AvgIpc) is 2.95. The Morgan fingerprint density at radius 2 is 1.64 bits per heavy atom. The quantitative estimate of drug-likeness (QED) is 0.211. The molecule has 0 heterocycles. The van der Waals surface area contributed by atoms with Crippen molar-refractivity contribution in [3.63, 3.8) is 0 Å². The van der Waals surface area contributed by atoms with Gasteiger partial charge >= 0.3 is 0 Å². The van der Waals surface area contributed by atoms with E-state index in [1.165, 1.54) is 4.31 Å². The van der Waals surface area contributed by atoms with Crippen LogP contribution in [0.3, 0.4) is 0 Å². The maximum atomic E-state index is 13.9. The third-order valence-corrected chi connectivity index (χ3v) is 9.32. The Morgan fingerprint density at radius 1 is 0.976 bits per heavy atom. The molecule has 226 valence electrons. The number of carbonyl (C=O) groups excluding carboxylic acids is 2. The van der Waals surface area contributed by atoms with Crippen molar-refractivity contribution in [3.8, 4) is 0 Å². The van der Waals surface area contributed by atoms with Crippen LogP contribution in [-0.4, -0.2) is 50.0 Å². The summed E-state index contributed by atoms with van der Waals surface area (Å²) < 4.78 is 27.7. The van der Waals surface area contributed by atoms with Crippen molar-refractivity contribution in [2.45, 2.75) is 65.1 Å². The molecular weight excluding hydrogens is 638 g/mol. The molecule has 0 fully saturated rings. The molecule has 0 spiro atoms. The van der Waals surface area contributed by atoms with E-state index in [4.69, 9.17) is 11.6 Å². The highest BCUT2D eigenvalue weighted by molar-refractivity contribution is 9.10. The number of nitrogens with one attached hydrogen (secondary N) is 1. The molecule has 0 aliphatic heterocycles. The fraction of sp³-hybridized carbons (Fsp3) is 0.375. The fourth-order valence-electron chi connectivity index (χ4n) is 4.63. The minimum atomic E-state index is -3.63. The average molecular weight is 677 g/mol. The van der Waals surface area contributed by atoms with Gasteiger partial charge in [-0.05, 0) is 67.6 Å². The minimum absolute atomic E-state index is 0.0512. The summed E-state index contributed by atoms with van der Waals surface area (Å²) in [6.07, 6.45) is 2.57. The second-order valence-electron chi connectivity index (χ2n) is 10.5. The predicted molar refractivity (Wildman–Crippen MR) is 174 cm³/mol. The zero-order chi connectivity index (χ0) is 30.9. The standard InChI is InChI=1S/C32H39BrClN3O4S/c1-5-23(2)35-32(39)30(21-25-11-7-6-8-12-25)36(22-26-16-18-27(33)19-17-26)31(38)15-10-20-37(42(4,40)41)29-14-9-13-28(34)24(29)3/h6-9,11-14,16-19,23,30H,5,10,15,20-22H2,1-4H3,(H,35,39)/t23-,30-/m1/s1. The summed E-state index contributed by atoms with van der Waals surface area (Å²) >= 11 is 9.73. The first-order chi connectivity index (χ1) is 19.9. The molecule has 0 radical (unpaired) electrons. The van der Waals surface area contributed by atoms with E-state index in [0.717, 1.165) is 28.3 Å². The molecule has 7 nitrogen and oxygen atoms in total. The van der Waals surface area contributed by atoms with E-state index in [0.29, 0.717) is 22.7 Å². The van der Waals surface area contributed by atoms with Gasteiger partial charge < -0.3 is 10.2 Å². The number of sulfonamides is 1. The van der Waals surface area contributed by atoms with Crippen LogP contribution < -0.4 is 9.62 Å². The summed E-state index contributed by atoms with van der Waals surface area (Å²) in [7, 11) is -3.63. The van der Waals surface area contributed by atoms with Crippen LogP contribution in [0.15, 0.2) is 77.3 Å². The van der Waals surface area contributed by atoms with E-state index in [-0.39, 0.29) is 43.8 Å². The zero-order valence-corrected chi connectivity index (χ0v) is 27.7. The van der Waals surface area contributed by atoms with Crippen molar-refractivity contribution < 1.29 is 18.0 Å². The molecule has 2 atom stereocenters. The van der Waals surface area contributed by atoms with Gasteiger partial charge in [-0.15, -0.1) is 0 Å². The molecule has 3 aromatic rings. The van der Waals surface area contributed by atoms with Crippen molar-refractivity contribution in [2.24, 2.45) is 0 Å². The first-order valence-electron chi connectivity index (χ1n) is 14.0. The molecule has 0 saturated heterocycles. The van der Waals surface area contributed by atoms with E-state index in [9.17, 15) is 18.0 Å². The van der Waals surface area contributed by atoms with Crippen LogP contribution in [0.2, 0.25) is 5.02 Å². The van der Waals surface area contributed by atoms with E-state index in [2.05, 4.69) is 21.2 Å². The van der Waals surface area contributed by atoms with Gasteiger partial charge in [0.25, 0.3) is 0 Å². The second kappa shape index (κ2) is 15.5. The SMILES string of the molecule is CC[C@@H](C)NC(=O)[C@@H](Cc1ccccc1)N(Cc1ccc(Br)cc1)C(=O)CCCN(c1cccc(Cl)c1C)S(C)(=O)=O. The van der Waals surface area contributed by atoms with E-state index < -0.39 is 16.1 Å². The molecule has 3 rings (SSSR count). The molecule has 3 aromatic carbocycles. The summed E-state index contributed by atoms with van der Waals surface area (Å²) in [6.45, 7) is 6.04. The highest BCUT2D eigenvalue weighted by Gasteiger charge is 2.31. The Labute approximate surface area is 263 Å². The number of hydrogen-bond acceptors (Lipinski definition) is 4. The van der Waals surface area contributed by atoms with Crippen molar-refractivity contribution in [2.75, 3.05) is 17.1 Å². The third kappa shape index (κ3) is 9.57. The Bertz CT molecular complexity index is 1450. The first kappa shape index (κ1) is 33.6. The number of anilines is 1. The molecule has 0 aliphatic rings. The molecule has 0 unspecified atom stereocenters. The van der Waals surface area contributed by atoms with Crippen molar-refractivity contribution in [3.05, 3.63) is 99.0 Å². The Morgan fingerprint density at radius 3 is 2.26 bits per heavy atom. The topological polar surface area (TPSA) is 86.8 Å². The third-order valence-electron chi connectivity index (χ3n) is 7.20. The zero-order valence-electron chi connectivity index (χ0n) is 24.5. The molecule has 10 heteroatoms. The van der Waals surface area contributed by atoms with Gasteiger partial charge in [0, 0.05) is 41.5 Å². The number of amides is 2. The van der Waals surface area contributed by atoms with Crippen LogP contribution in [0.4, 0.5) is 5.69 Å². The van der Waals surface area contributed by atoms with Crippen molar-refractivity contribution in [1.29, 1.82) is 0 Å². The van der Waals surface area contributed by atoms with Gasteiger partial charge in [0.1, 0.15) is 6.04 Å². The molecule has 2 amide bonds. The molecular formula is C32H39BrClN3O4S. The molecule has 0 aliphatic carbocycles. The van der Waals surface area contributed by atoms with Crippen LogP contribution in [-0.2, 0) is 32.6 Å². The molecule has 1 N–H and O–H groups in total. The van der Waals surface area contributed by atoms with Crippen LogP contribution in [0.1, 0.15) is 49.8 Å². The van der Waals surface area contributed by atoms with Crippen LogP contribution in [0, 0.1) is 6.92 Å². The maximum absolute atomic E-state index is 13.9. The van der Waals surface area contributed by atoms with E-state index in [1.54, 1.807) is 30.0 Å². The Kier molecular flexibility index (Phi) is 12.4. The largest absolute Gasteiger partial charge is 0.352 e. The van der Waals surface area contributed by atoms with Crippen molar-refractivity contribution >= 4 is 55.1 Å². The van der Waals surface area contributed by atoms with Crippen LogP contribution in [0.25, 0.3) is 0 Å². The lowest BCUT2D eigenvalue weighted by molar-refractivity contribution is -0.141. The van der Waals surface area contributed by atoms with Gasteiger partial charge in [0.05, 0.1) is 11.9 Å². The monoisotopic (exact) mass is 675 g/mol. The van der Waals surface area contributed by atoms with Gasteiger partial charge in [-0.1, -0.05) is 83.0 Å². The summed E-state index contributed by atoms with van der Waals surface area (Å²) in [5.74, 6) is -0.444. The van der Waals surface area contributed by atoms with Crippen LogP contribution in [0.5, 0.6) is 0 Å². The van der Waals surface area contributed by atoms with Gasteiger partial charge in [-0.3, -0.25) is 13.9 Å². The van der Waals surface area contributed by atoms with E-state index >= 15 is 0 Å². The summed E-state index contributed by atoms with van der Waals surface area (Å²) in [4.78, 5) is 29.2. The smallest absolute Gasteiger partial charge is 0.243 e. The maximum Gasteiger partial charge on any atom is 0.243 e. The second-order valence-corrected chi connectivity index (χ2v) is 13.7. The summed E-state index contributed by atoms with van der Waals surface area (Å²) in [5, 5.41) is 3.53. The lowest BCUT2D eigenvalue weighted by Gasteiger charge is -2.33. The van der Waals surface area contributed by atoms with Crippen molar-refractivity contribution in [1.82, 2.24) is 10.2 Å². The molecule has 42 heavy (non-hydrogen) atoms. The number of halogens is 2. The first-order valence-corrected chi connectivity index (χ1v) is 17.0. The lowest BCUT2D eigenvalue weighted by Crippen LogP contribution is -2.52. The fourth-order valence-corrected chi connectivity index (χ4v) is 6.08. The Hall–Kier alpha value is -2.88. The predicted octanol–water partition coefficient (Wildman–Crippen LogP) is 6.51. The van der Waals surface area contributed by atoms with Gasteiger partial charge in [0.2, 0.25) is 21.8 Å². The van der Waals surface area contributed by atoms with E-state index in [1.807, 2.05) is 68.4 Å². The molecule has 0 saturated carbocycles. The number of benzene rings is 3. The number of nitrogens with zero attached hydrogens (tertiary/aromatic N) is 2. The highest BCUT2D eigenvalue weighted by Crippen LogP contribution is 2.28. The molecule has 0 bridgehead atoms. The number of carbonyl (C=O) groups is 2. The minimum Gasteiger partial charge on any atom is -0.352 e. The number of rotatable bonds is 14. The highest BCUT2D eigenvalue weighted by atomic mass is 79.9. The lowest BCUT2D eigenvalue weighted by atomic mass is 10.0. The van der Waals surface area contributed by atoms with Gasteiger partial charge in [-0.25, -0.2) is 8.42 Å². The number of hydrogen-bond donors (Lipinski definition) is 1. The van der Waals surface area contributed by atoms with Gasteiger partial charge in [-0.2, -0.15) is 0 Å².